The van der Waals surface area contributed by atoms with Gasteiger partial charge in [-0.3, -0.25) is 4.79 Å². The molecule has 0 unspecified atom stereocenters. The van der Waals surface area contributed by atoms with Crippen LogP contribution in [0.2, 0.25) is 0 Å². The summed E-state index contributed by atoms with van der Waals surface area (Å²) in [6, 6.07) is 14.9. The summed E-state index contributed by atoms with van der Waals surface area (Å²) in [5.74, 6) is -1.17. The third kappa shape index (κ3) is 5.85. The predicted octanol–water partition coefficient (Wildman–Crippen LogP) is 4.21. The van der Waals surface area contributed by atoms with E-state index in [2.05, 4.69) is 10.3 Å². The molecule has 1 atom stereocenters. The number of amides is 1. The molecule has 0 aliphatic carbocycles. The van der Waals surface area contributed by atoms with Gasteiger partial charge in [-0.2, -0.15) is 0 Å². The second-order valence-corrected chi connectivity index (χ2v) is 9.64. The number of ether oxygens (including phenoxy) is 1. The minimum atomic E-state index is -0.808. The first-order valence-electron chi connectivity index (χ1n) is 11.7. The van der Waals surface area contributed by atoms with E-state index < -0.39 is 17.8 Å². The lowest BCUT2D eigenvalue weighted by Crippen LogP contribution is -2.39. The highest BCUT2D eigenvalue weighted by molar-refractivity contribution is 8.16. The summed E-state index contributed by atoms with van der Waals surface area (Å²) < 4.78 is 20.8. The third-order valence-electron chi connectivity index (χ3n) is 5.86. The number of esters is 1. The van der Waals surface area contributed by atoms with Gasteiger partial charge in [-0.05, 0) is 38.1 Å². The maximum atomic E-state index is 15.1. The number of hydrogen-bond donors (Lipinski definition) is 1. The van der Waals surface area contributed by atoms with Gasteiger partial charge in [-0.15, -0.1) is 0 Å². The topological polar surface area (TPSA) is 74.2 Å². The van der Waals surface area contributed by atoms with Crippen molar-refractivity contribution in [3.05, 3.63) is 93.9 Å². The number of halogens is 1. The van der Waals surface area contributed by atoms with Gasteiger partial charge in [-0.1, -0.05) is 60.3 Å². The summed E-state index contributed by atoms with van der Waals surface area (Å²) in [6.45, 7) is 3.04. The van der Waals surface area contributed by atoms with Crippen molar-refractivity contribution in [3.8, 4) is 0 Å². The standard InChI is InChI=1S/C27H29FN4O3S/c1-18-24(26(34)35-16-19-9-5-4-6-10-19)25(21-11-7-8-12-22(21)28)32-20(17-36-27(32)30-18)15-23(33)29-13-14-31(2)3/h4-12,17,25H,13-16H2,1-3H3,(H,29,33)/t25-/m1/s1. The van der Waals surface area contributed by atoms with Gasteiger partial charge in [0.2, 0.25) is 5.91 Å². The molecule has 1 N–H and O–H groups in total. The molecule has 188 valence electrons. The number of hydrogen-bond acceptors (Lipinski definition) is 7. The van der Waals surface area contributed by atoms with Crippen molar-refractivity contribution in [2.75, 3.05) is 27.2 Å². The van der Waals surface area contributed by atoms with Crippen LogP contribution in [0, 0.1) is 5.82 Å². The largest absolute Gasteiger partial charge is 0.457 e. The Morgan fingerprint density at radius 2 is 1.86 bits per heavy atom. The van der Waals surface area contributed by atoms with Crippen molar-refractivity contribution >= 4 is 28.8 Å². The third-order valence-corrected chi connectivity index (χ3v) is 6.74. The highest BCUT2D eigenvalue weighted by atomic mass is 32.2. The van der Waals surface area contributed by atoms with Gasteiger partial charge in [0.1, 0.15) is 12.4 Å². The molecule has 2 aromatic rings. The van der Waals surface area contributed by atoms with Crippen molar-refractivity contribution < 1.29 is 18.7 Å². The molecule has 2 heterocycles. The maximum Gasteiger partial charge on any atom is 0.338 e. The highest BCUT2D eigenvalue weighted by Crippen LogP contribution is 2.45. The van der Waals surface area contributed by atoms with E-state index >= 15 is 4.39 Å². The summed E-state index contributed by atoms with van der Waals surface area (Å²) in [5, 5.41) is 5.34. The zero-order valence-corrected chi connectivity index (χ0v) is 21.3. The van der Waals surface area contributed by atoms with E-state index in [0.717, 1.165) is 5.56 Å². The van der Waals surface area contributed by atoms with Crippen LogP contribution >= 0.6 is 11.8 Å². The lowest BCUT2D eigenvalue weighted by Gasteiger charge is -2.36. The van der Waals surface area contributed by atoms with E-state index in [1.807, 2.05) is 54.7 Å². The summed E-state index contributed by atoms with van der Waals surface area (Å²) in [6.07, 6.45) is 0.0792. The molecule has 2 aliphatic rings. The molecule has 0 bridgehead atoms. The van der Waals surface area contributed by atoms with Gasteiger partial charge in [0.05, 0.1) is 23.7 Å². The van der Waals surface area contributed by atoms with E-state index in [1.165, 1.54) is 17.8 Å². The molecule has 0 saturated heterocycles. The molecule has 0 saturated carbocycles. The molecule has 0 fully saturated rings. The van der Waals surface area contributed by atoms with Crippen LogP contribution < -0.4 is 5.32 Å². The Hall–Kier alpha value is -3.43. The SMILES string of the molecule is CC1=C(C(=O)OCc2ccccc2)[C@@H](c2ccccc2F)N2C(CC(=O)NCCN(C)C)=CSC2=N1. The Morgan fingerprint density at radius 1 is 1.14 bits per heavy atom. The van der Waals surface area contributed by atoms with Crippen molar-refractivity contribution in [2.24, 2.45) is 4.99 Å². The minimum Gasteiger partial charge on any atom is -0.457 e. The van der Waals surface area contributed by atoms with Crippen molar-refractivity contribution in [1.82, 2.24) is 15.1 Å². The maximum absolute atomic E-state index is 15.1. The van der Waals surface area contributed by atoms with Crippen molar-refractivity contribution in [1.29, 1.82) is 0 Å². The van der Waals surface area contributed by atoms with Gasteiger partial charge in [0.15, 0.2) is 5.17 Å². The zero-order chi connectivity index (χ0) is 25.7. The van der Waals surface area contributed by atoms with E-state index in [-0.39, 0.29) is 24.5 Å². The minimum absolute atomic E-state index is 0.0792. The second kappa shape index (κ2) is 11.5. The number of aliphatic imine (C=N–C) groups is 1. The molecule has 36 heavy (non-hydrogen) atoms. The number of thioether (sulfide) groups is 1. The number of nitrogens with zero attached hydrogens (tertiary/aromatic N) is 3. The Balaban J connectivity index is 1.62. The van der Waals surface area contributed by atoms with Crippen LogP contribution in [-0.4, -0.2) is 54.0 Å². The molecule has 2 aromatic carbocycles. The smallest absolute Gasteiger partial charge is 0.338 e. The van der Waals surface area contributed by atoms with E-state index in [4.69, 9.17) is 4.74 Å². The lowest BCUT2D eigenvalue weighted by molar-refractivity contribution is -0.141. The first kappa shape index (κ1) is 25.7. The summed E-state index contributed by atoms with van der Waals surface area (Å²) in [7, 11) is 3.87. The number of rotatable bonds is 9. The fourth-order valence-electron chi connectivity index (χ4n) is 4.07. The Morgan fingerprint density at radius 3 is 2.58 bits per heavy atom. The quantitative estimate of drug-likeness (QED) is 0.512. The van der Waals surface area contributed by atoms with Crippen LogP contribution in [0.4, 0.5) is 4.39 Å². The molecule has 0 radical (unpaired) electrons. The molecular formula is C27H29FN4O3S. The van der Waals surface area contributed by atoms with Gasteiger partial charge < -0.3 is 19.9 Å². The van der Waals surface area contributed by atoms with E-state index in [1.54, 1.807) is 30.0 Å². The first-order valence-corrected chi connectivity index (χ1v) is 12.5. The van der Waals surface area contributed by atoms with Gasteiger partial charge >= 0.3 is 5.97 Å². The Kier molecular flexibility index (Phi) is 8.22. The fraction of sp³-hybridized carbons (Fsp3) is 0.296. The number of carbonyl (C=O) groups is 2. The molecule has 4 rings (SSSR count). The van der Waals surface area contributed by atoms with Crippen LogP contribution in [0.1, 0.15) is 30.5 Å². The zero-order valence-electron chi connectivity index (χ0n) is 20.5. The van der Waals surface area contributed by atoms with Crippen LogP contribution in [0.5, 0.6) is 0 Å². The molecule has 9 heteroatoms. The molecule has 2 aliphatic heterocycles. The summed E-state index contributed by atoms with van der Waals surface area (Å²) in [5.41, 5.74) is 2.53. The molecule has 0 aromatic heterocycles. The van der Waals surface area contributed by atoms with Crippen LogP contribution in [-0.2, 0) is 20.9 Å². The van der Waals surface area contributed by atoms with Crippen molar-refractivity contribution in [3.63, 3.8) is 0 Å². The van der Waals surface area contributed by atoms with E-state index in [9.17, 15) is 9.59 Å². The Labute approximate surface area is 214 Å². The van der Waals surface area contributed by atoms with Gasteiger partial charge in [-0.25, -0.2) is 14.2 Å². The van der Waals surface area contributed by atoms with Crippen LogP contribution in [0.3, 0.4) is 0 Å². The fourth-order valence-corrected chi connectivity index (χ4v) is 5.03. The second-order valence-electron chi connectivity index (χ2n) is 8.81. The number of carbonyl (C=O) groups excluding carboxylic acids is 2. The van der Waals surface area contributed by atoms with Crippen molar-refractivity contribution in [2.45, 2.75) is 26.0 Å². The number of nitrogens with one attached hydrogen (secondary N) is 1. The average Bonchev–Trinajstić information content (AvgIpc) is 3.24. The molecule has 1 amide bonds. The molecule has 7 nitrogen and oxygen atoms in total. The summed E-state index contributed by atoms with van der Waals surface area (Å²) >= 11 is 1.35. The highest BCUT2D eigenvalue weighted by Gasteiger charge is 2.42. The normalized spacial score (nSPS) is 17.0. The number of allylic oxidation sites excluding steroid dienone is 1. The number of amidine groups is 1. The number of fused-ring (bicyclic) bond motifs is 1. The van der Waals surface area contributed by atoms with Crippen LogP contribution in [0.25, 0.3) is 0 Å². The predicted molar refractivity (Wildman–Crippen MR) is 139 cm³/mol. The molecule has 0 spiro atoms. The monoisotopic (exact) mass is 508 g/mol. The Bertz CT molecular complexity index is 1230. The van der Waals surface area contributed by atoms with E-state index in [0.29, 0.717) is 35.2 Å². The number of benzene rings is 2. The molecular weight excluding hydrogens is 479 g/mol. The van der Waals surface area contributed by atoms with Gasteiger partial charge in [0.25, 0.3) is 0 Å². The summed E-state index contributed by atoms with van der Waals surface area (Å²) in [4.78, 5) is 34.5. The lowest BCUT2D eigenvalue weighted by atomic mass is 9.93. The van der Waals surface area contributed by atoms with Crippen LogP contribution in [0.15, 0.2) is 82.0 Å². The first-order chi connectivity index (χ1) is 17.3. The average molecular weight is 509 g/mol. The van der Waals surface area contributed by atoms with Gasteiger partial charge in [0, 0.05) is 24.4 Å². The number of likely N-dealkylation sites (N-methyl/N-ethyl adjacent to an activating group) is 1.